The van der Waals surface area contributed by atoms with Crippen LogP contribution in [-0.4, -0.2) is 31.6 Å². The fourth-order valence-corrected chi connectivity index (χ4v) is 2.71. The van der Waals surface area contributed by atoms with Gasteiger partial charge in [-0.25, -0.2) is 0 Å². The molecule has 15 heavy (non-hydrogen) atoms. The molecule has 0 aliphatic heterocycles. The van der Waals surface area contributed by atoms with Gasteiger partial charge in [0.1, 0.15) is 0 Å². The second-order valence-electron chi connectivity index (χ2n) is 4.51. The molecule has 3 heteroatoms. The minimum Gasteiger partial charge on any atom is -0.313 e. The van der Waals surface area contributed by atoms with Gasteiger partial charge in [-0.1, -0.05) is 13.8 Å². The van der Waals surface area contributed by atoms with Crippen LogP contribution in [0, 0.1) is 6.92 Å². The van der Waals surface area contributed by atoms with Crippen LogP contribution in [0.2, 0.25) is 0 Å². The van der Waals surface area contributed by atoms with Crippen molar-refractivity contribution in [3.63, 3.8) is 0 Å². The maximum absolute atomic E-state index is 3.51. The van der Waals surface area contributed by atoms with Gasteiger partial charge in [0.25, 0.3) is 0 Å². The molecule has 0 saturated carbocycles. The molecule has 0 amide bonds. The van der Waals surface area contributed by atoms with Crippen molar-refractivity contribution in [2.45, 2.75) is 32.9 Å². The lowest BCUT2D eigenvalue weighted by atomic mass is 10.1. The third-order valence-electron chi connectivity index (χ3n) is 2.55. The first-order valence-electron chi connectivity index (χ1n) is 5.46. The monoisotopic (exact) mass is 226 g/mol. The van der Waals surface area contributed by atoms with Crippen molar-refractivity contribution in [2.75, 3.05) is 20.6 Å². The Morgan fingerprint density at radius 1 is 1.40 bits per heavy atom. The van der Waals surface area contributed by atoms with E-state index < -0.39 is 0 Å². The Labute approximate surface area is 97.3 Å². The molecule has 1 atom stereocenters. The van der Waals surface area contributed by atoms with Crippen LogP contribution >= 0.6 is 11.3 Å². The van der Waals surface area contributed by atoms with E-state index in [2.05, 4.69) is 56.5 Å². The third kappa shape index (κ3) is 3.59. The lowest BCUT2D eigenvalue weighted by Gasteiger charge is -2.25. The minimum absolute atomic E-state index is 0.493. The van der Waals surface area contributed by atoms with Gasteiger partial charge in [0, 0.05) is 17.5 Å². The van der Waals surface area contributed by atoms with E-state index in [0.717, 1.165) is 6.54 Å². The van der Waals surface area contributed by atoms with Crippen molar-refractivity contribution in [1.82, 2.24) is 10.2 Å². The highest BCUT2D eigenvalue weighted by Gasteiger charge is 2.17. The van der Waals surface area contributed by atoms with E-state index in [-0.39, 0.29) is 0 Å². The van der Waals surface area contributed by atoms with Gasteiger partial charge in [0.05, 0.1) is 6.04 Å². The molecule has 0 saturated heterocycles. The van der Waals surface area contributed by atoms with Crippen molar-refractivity contribution in [3.8, 4) is 0 Å². The van der Waals surface area contributed by atoms with Crippen molar-refractivity contribution in [1.29, 1.82) is 0 Å². The standard InChI is InChI=1S/C12H22N2S/c1-9(2)13-8-11(14(4)5)12-10(3)6-7-15-12/h6-7,9,11,13H,8H2,1-5H3. The highest BCUT2D eigenvalue weighted by atomic mass is 32.1. The van der Waals surface area contributed by atoms with E-state index in [1.54, 1.807) is 0 Å². The number of hydrogen-bond donors (Lipinski definition) is 1. The summed E-state index contributed by atoms with van der Waals surface area (Å²) in [5.41, 5.74) is 1.41. The molecule has 0 aromatic carbocycles. The normalized spacial score (nSPS) is 13.8. The second-order valence-corrected chi connectivity index (χ2v) is 5.46. The molecular formula is C12H22N2S. The van der Waals surface area contributed by atoms with Gasteiger partial charge in [-0.3, -0.25) is 0 Å². The van der Waals surface area contributed by atoms with Crippen LogP contribution < -0.4 is 5.32 Å². The van der Waals surface area contributed by atoms with E-state index in [9.17, 15) is 0 Å². The first kappa shape index (κ1) is 12.7. The van der Waals surface area contributed by atoms with E-state index in [1.807, 2.05) is 11.3 Å². The summed E-state index contributed by atoms with van der Waals surface area (Å²) in [5, 5.41) is 5.68. The van der Waals surface area contributed by atoms with Gasteiger partial charge < -0.3 is 10.2 Å². The van der Waals surface area contributed by atoms with Crippen LogP contribution in [0.25, 0.3) is 0 Å². The second kappa shape index (κ2) is 5.64. The zero-order valence-electron chi connectivity index (χ0n) is 10.4. The van der Waals surface area contributed by atoms with Gasteiger partial charge in [0.15, 0.2) is 0 Å². The molecule has 0 bridgehead atoms. The minimum atomic E-state index is 0.493. The smallest absolute Gasteiger partial charge is 0.0564 e. The Morgan fingerprint density at radius 2 is 2.07 bits per heavy atom. The van der Waals surface area contributed by atoms with E-state index in [4.69, 9.17) is 0 Å². The molecule has 2 nitrogen and oxygen atoms in total. The van der Waals surface area contributed by atoms with Crippen LogP contribution in [0.4, 0.5) is 0 Å². The first-order valence-corrected chi connectivity index (χ1v) is 6.34. The van der Waals surface area contributed by atoms with Crippen molar-refractivity contribution in [3.05, 3.63) is 21.9 Å². The Hall–Kier alpha value is -0.380. The highest BCUT2D eigenvalue weighted by molar-refractivity contribution is 7.10. The van der Waals surface area contributed by atoms with Crippen LogP contribution in [0.3, 0.4) is 0 Å². The summed E-state index contributed by atoms with van der Waals surface area (Å²) >= 11 is 1.86. The van der Waals surface area contributed by atoms with Crippen molar-refractivity contribution >= 4 is 11.3 Å². The molecule has 0 radical (unpaired) electrons. The van der Waals surface area contributed by atoms with Crippen LogP contribution in [-0.2, 0) is 0 Å². The number of aryl methyl sites for hydroxylation is 1. The summed E-state index contributed by atoms with van der Waals surface area (Å²) in [4.78, 5) is 3.77. The molecule has 1 N–H and O–H groups in total. The predicted molar refractivity (Wildman–Crippen MR) is 68.6 cm³/mol. The molecule has 0 aliphatic rings. The zero-order valence-corrected chi connectivity index (χ0v) is 11.2. The molecular weight excluding hydrogens is 204 g/mol. The lowest BCUT2D eigenvalue weighted by Crippen LogP contribution is -2.34. The number of nitrogens with zero attached hydrogens (tertiary/aromatic N) is 1. The Kier molecular flexibility index (Phi) is 4.77. The van der Waals surface area contributed by atoms with Crippen molar-refractivity contribution in [2.24, 2.45) is 0 Å². The third-order valence-corrected chi connectivity index (χ3v) is 3.67. The van der Waals surface area contributed by atoms with E-state index >= 15 is 0 Å². The average Bonchev–Trinajstić information content (AvgIpc) is 2.51. The molecule has 0 fully saturated rings. The van der Waals surface area contributed by atoms with E-state index in [1.165, 1.54) is 10.4 Å². The number of rotatable bonds is 5. The molecule has 1 unspecified atom stereocenters. The number of thiophene rings is 1. The molecule has 86 valence electrons. The van der Waals surface area contributed by atoms with Crippen LogP contribution in [0.1, 0.15) is 30.3 Å². The van der Waals surface area contributed by atoms with Gasteiger partial charge in [0.2, 0.25) is 0 Å². The summed E-state index contributed by atoms with van der Waals surface area (Å²) in [6.07, 6.45) is 0. The molecule has 1 heterocycles. The van der Waals surface area contributed by atoms with Gasteiger partial charge >= 0.3 is 0 Å². The summed E-state index contributed by atoms with van der Waals surface area (Å²) < 4.78 is 0. The van der Waals surface area contributed by atoms with E-state index in [0.29, 0.717) is 12.1 Å². The Balaban J connectivity index is 2.71. The molecule has 1 aromatic heterocycles. The summed E-state index contributed by atoms with van der Waals surface area (Å²) in [6.45, 7) is 7.59. The van der Waals surface area contributed by atoms with Gasteiger partial charge in [-0.2, -0.15) is 0 Å². The largest absolute Gasteiger partial charge is 0.313 e. The van der Waals surface area contributed by atoms with Crippen molar-refractivity contribution < 1.29 is 0 Å². The summed E-state index contributed by atoms with van der Waals surface area (Å²) in [5.74, 6) is 0. The fourth-order valence-electron chi connectivity index (χ4n) is 1.58. The molecule has 1 aromatic rings. The highest BCUT2D eigenvalue weighted by Crippen LogP contribution is 2.26. The summed E-state index contributed by atoms with van der Waals surface area (Å²) in [7, 11) is 4.29. The topological polar surface area (TPSA) is 15.3 Å². The van der Waals surface area contributed by atoms with Gasteiger partial charge in [-0.05, 0) is 38.0 Å². The maximum Gasteiger partial charge on any atom is 0.0564 e. The zero-order chi connectivity index (χ0) is 11.4. The fraction of sp³-hybridized carbons (Fsp3) is 0.667. The number of likely N-dealkylation sites (N-methyl/N-ethyl adjacent to an activating group) is 1. The molecule has 0 spiro atoms. The quantitative estimate of drug-likeness (QED) is 0.830. The summed E-state index contributed by atoms with van der Waals surface area (Å²) in [6, 6.07) is 3.24. The Bertz CT molecular complexity index is 292. The van der Waals surface area contributed by atoms with Gasteiger partial charge in [-0.15, -0.1) is 11.3 Å². The van der Waals surface area contributed by atoms with Crippen LogP contribution in [0.5, 0.6) is 0 Å². The number of hydrogen-bond acceptors (Lipinski definition) is 3. The first-order chi connectivity index (χ1) is 7.02. The molecule has 1 rings (SSSR count). The average molecular weight is 226 g/mol. The predicted octanol–water partition coefficient (Wildman–Crippen LogP) is 2.66. The maximum atomic E-state index is 3.51. The van der Waals surface area contributed by atoms with Crippen LogP contribution in [0.15, 0.2) is 11.4 Å². The Morgan fingerprint density at radius 3 is 2.47 bits per heavy atom. The SMILES string of the molecule is Cc1ccsc1C(CNC(C)C)N(C)C. The number of nitrogens with one attached hydrogen (secondary N) is 1. The molecule has 0 aliphatic carbocycles. The lowest BCUT2D eigenvalue weighted by molar-refractivity contribution is 0.286.